The summed E-state index contributed by atoms with van der Waals surface area (Å²) in [6.45, 7) is 3.22. The second-order valence-corrected chi connectivity index (χ2v) is 7.12. The minimum absolute atomic E-state index is 0.0909. The van der Waals surface area contributed by atoms with Gasteiger partial charge < -0.3 is 10.1 Å². The van der Waals surface area contributed by atoms with Crippen molar-refractivity contribution in [2.75, 3.05) is 13.2 Å². The maximum Gasteiger partial charge on any atom is 0.263 e. The number of halogens is 1. The Kier molecular flexibility index (Phi) is 4.27. The number of fused-ring (bicyclic) bond motifs is 1. The van der Waals surface area contributed by atoms with E-state index in [-0.39, 0.29) is 17.8 Å². The van der Waals surface area contributed by atoms with Crippen LogP contribution in [0.1, 0.15) is 28.2 Å². The van der Waals surface area contributed by atoms with E-state index < -0.39 is 0 Å². The van der Waals surface area contributed by atoms with Gasteiger partial charge in [-0.2, -0.15) is 0 Å². The Morgan fingerprint density at radius 1 is 1.44 bits per heavy atom. The molecule has 0 bridgehead atoms. The van der Waals surface area contributed by atoms with Gasteiger partial charge in [0.1, 0.15) is 10.7 Å². The standard InChI is InChI=1S/C18H18FN3O2S/c1-11-16(17(23)20-9-14-3-2-8-24-14)25-18-21-15(10-22(11)18)12-4-6-13(19)7-5-12/h4-7,10,14H,2-3,8-9H2,1H3,(H,20,23)/t14-/m1/s1. The first-order valence-corrected chi connectivity index (χ1v) is 9.07. The van der Waals surface area contributed by atoms with Crippen LogP contribution in [0, 0.1) is 12.7 Å². The molecular formula is C18H18FN3O2S. The van der Waals surface area contributed by atoms with Crippen LogP contribution in [0.3, 0.4) is 0 Å². The van der Waals surface area contributed by atoms with E-state index in [2.05, 4.69) is 10.3 Å². The minimum Gasteiger partial charge on any atom is -0.376 e. The van der Waals surface area contributed by atoms with Crippen LogP contribution in [0.5, 0.6) is 0 Å². The van der Waals surface area contributed by atoms with Gasteiger partial charge in [0, 0.05) is 30.6 Å². The largest absolute Gasteiger partial charge is 0.376 e. The second kappa shape index (κ2) is 6.57. The molecule has 1 fully saturated rings. The number of carbonyl (C=O) groups is 1. The van der Waals surface area contributed by atoms with Gasteiger partial charge in [-0.3, -0.25) is 9.20 Å². The Hall–Kier alpha value is -2.25. The molecule has 1 aromatic carbocycles. The molecular weight excluding hydrogens is 341 g/mol. The van der Waals surface area contributed by atoms with E-state index >= 15 is 0 Å². The Morgan fingerprint density at radius 2 is 2.24 bits per heavy atom. The van der Waals surface area contributed by atoms with Crippen molar-refractivity contribution in [1.82, 2.24) is 14.7 Å². The van der Waals surface area contributed by atoms with Crippen molar-refractivity contribution in [2.24, 2.45) is 0 Å². The average molecular weight is 359 g/mol. The fourth-order valence-corrected chi connectivity index (χ4v) is 4.04. The second-order valence-electron chi connectivity index (χ2n) is 6.15. The van der Waals surface area contributed by atoms with Gasteiger partial charge in [0.25, 0.3) is 5.91 Å². The van der Waals surface area contributed by atoms with E-state index in [1.54, 1.807) is 12.1 Å². The van der Waals surface area contributed by atoms with Crippen LogP contribution < -0.4 is 5.32 Å². The summed E-state index contributed by atoms with van der Waals surface area (Å²) in [4.78, 5) is 18.4. The lowest BCUT2D eigenvalue weighted by atomic mass is 10.2. The van der Waals surface area contributed by atoms with Gasteiger partial charge in [-0.25, -0.2) is 9.37 Å². The monoisotopic (exact) mass is 359 g/mol. The van der Waals surface area contributed by atoms with Crippen LogP contribution in [-0.2, 0) is 4.74 Å². The molecule has 5 nitrogen and oxygen atoms in total. The highest BCUT2D eigenvalue weighted by Gasteiger charge is 2.20. The summed E-state index contributed by atoms with van der Waals surface area (Å²) in [6.07, 6.45) is 4.05. The molecule has 0 saturated carbocycles. The van der Waals surface area contributed by atoms with E-state index in [4.69, 9.17) is 4.74 Å². The van der Waals surface area contributed by atoms with E-state index in [0.717, 1.165) is 41.4 Å². The molecule has 1 aliphatic rings. The maximum absolute atomic E-state index is 13.1. The highest BCUT2D eigenvalue weighted by molar-refractivity contribution is 7.19. The van der Waals surface area contributed by atoms with Gasteiger partial charge >= 0.3 is 0 Å². The Morgan fingerprint density at radius 3 is 2.92 bits per heavy atom. The van der Waals surface area contributed by atoms with Crippen LogP contribution in [0.15, 0.2) is 30.5 Å². The summed E-state index contributed by atoms with van der Waals surface area (Å²) in [6, 6.07) is 6.23. The number of imidazole rings is 1. The smallest absolute Gasteiger partial charge is 0.263 e. The molecule has 7 heteroatoms. The number of aryl methyl sites for hydroxylation is 1. The number of rotatable bonds is 4. The van der Waals surface area contributed by atoms with Crippen LogP contribution in [0.2, 0.25) is 0 Å². The Labute approximate surface area is 148 Å². The van der Waals surface area contributed by atoms with Gasteiger partial charge in [0.2, 0.25) is 0 Å². The molecule has 1 atom stereocenters. The van der Waals surface area contributed by atoms with Crippen molar-refractivity contribution >= 4 is 22.2 Å². The van der Waals surface area contributed by atoms with Gasteiger partial charge in [-0.15, -0.1) is 0 Å². The lowest BCUT2D eigenvalue weighted by Gasteiger charge is -2.10. The summed E-state index contributed by atoms with van der Waals surface area (Å²) in [5.74, 6) is -0.363. The lowest BCUT2D eigenvalue weighted by Crippen LogP contribution is -2.31. The number of benzene rings is 1. The number of nitrogens with zero attached hydrogens (tertiary/aromatic N) is 2. The number of thiazole rings is 1. The average Bonchev–Trinajstić information content (AvgIpc) is 3.32. The molecule has 25 heavy (non-hydrogen) atoms. The summed E-state index contributed by atoms with van der Waals surface area (Å²) in [5.41, 5.74) is 2.47. The zero-order valence-corrected chi connectivity index (χ0v) is 14.6. The normalized spacial score (nSPS) is 17.3. The van der Waals surface area contributed by atoms with E-state index in [1.807, 2.05) is 17.5 Å². The van der Waals surface area contributed by atoms with E-state index in [0.29, 0.717) is 11.4 Å². The molecule has 1 saturated heterocycles. The van der Waals surface area contributed by atoms with E-state index in [1.165, 1.54) is 23.5 Å². The van der Waals surface area contributed by atoms with Gasteiger partial charge in [-0.1, -0.05) is 11.3 Å². The quantitative estimate of drug-likeness (QED) is 0.777. The zero-order chi connectivity index (χ0) is 17.4. The molecule has 3 aromatic rings. The number of aromatic nitrogens is 2. The number of hydrogen-bond acceptors (Lipinski definition) is 4. The summed E-state index contributed by atoms with van der Waals surface area (Å²) < 4.78 is 20.5. The third-order valence-electron chi connectivity index (χ3n) is 4.42. The number of ether oxygens (including phenoxy) is 1. The number of nitrogens with one attached hydrogen (secondary N) is 1. The summed E-state index contributed by atoms with van der Waals surface area (Å²) in [7, 11) is 0. The molecule has 130 valence electrons. The Balaban J connectivity index is 1.55. The van der Waals surface area contributed by atoms with Crippen molar-refractivity contribution < 1.29 is 13.9 Å². The number of amides is 1. The first kappa shape index (κ1) is 16.2. The van der Waals surface area contributed by atoms with Crippen molar-refractivity contribution in [1.29, 1.82) is 0 Å². The van der Waals surface area contributed by atoms with Crippen molar-refractivity contribution in [3.8, 4) is 11.3 Å². The Bertz CT molecular complexity index is 910. The van der Waals surface area contributed by atoms with Gasteiger partial charge in [0.05, 0.1) is 11.8 Å². The molecule has 0 radical (unpaired) electrons. The molecule has 3 heterocycles. The summed E-state index contributed by atoms with van der Waals surface area (Å²) in [5, 5.41) is 2.95. The number of carbonyl (C=O) groups excluding carboxylic acids is 1. The number of hydrogen-bond donors (Lipinski definition) is 1. The highest BCUT2D eigenvalue weighted by Crippen LogP contribution is 2.27. The highest BCUT2D eigenvalue weighted by atomic mass is 32.1. The van der Waals surface area contributed by atoms with E-state index in [9.17, 15) is 9.18 Å². The van der Waals surface area contributed by atoms with Gasteiger partial charge in [-0.05, 0) is 44.0 Å². The zero-order valence-electron chi connectivity index (χ0n) is 13.8. The minimum atomic E-state index is -0.272. The first-order chi connectivity index (χ1) is 12.1. The van der Waals surface area contributed by atoms with Crippen LogP contribution in [0.4, 0.5) is 4.39 Å². The third kappa shape index (κ3) is 3.17. The first-order valence-electron chi connectivity index (χ1n) is 8.26. The summed E-state index contributed by atoms with van der Waals surface area (Å²) >= 11 is 1.36. The molecule has 1 N–H and O–H groups in total. The van der Waals surface area contributed by atoms with Crippen molar-refractivity contribution in [2.45, 2.75) is 25.9 Å². The maximum atomic E-state index is 13.1. The fraction of sp³-hybridized carbons (Fsp3) is 0.333. The van der Waals surface area contributed by atoms with Crippen LogP contribution in [0.25, 0.3) is 16.2 Å². The SMILES string of the molecule is Cc1c(C(=O)NC[C@H]2CCCO2)sc2nc(-c3ccc(F)cc3)cn12. The van der Waals surface area contributed by atoms with Crippen molar-refractivity contribution in [3.63, 3.8) is 0 Å². The van der Waals surface area contributed by atoms with Crippen LogP contribution in [-0.4, -0.2) is 34.5 Å². The van der Waals surface area contributed by atoms with Gasteiger partial charge in [0.15, 0.2) is 4.96 Å². The molecule has 0 unspecified atom stereocenters. The molecule has 4 rings (SSSR count). The molecule has 0 aliphatic carbocycles. The third-order valence-corrected chi connectivity index (χ3v) is 5.57. The predicted octanol–water partition coefficient (Wildman–Crippen LogP) is 3.42. The molecule has 1 aliphatic heterocycles. The van der Waals surface area contributed by atoms with Crippen LogP contribution >= 0.6 is 11.3 Å². The fourth-order valence-electron chi connectivity index (χ4n) is 3.01. The van der Waals surface area contributed by atoms with Crippen molar-refractivity contribution in [3.05, 3.63) is 46.9 Å². The lowest BCUT2D eigenvalue weighted by molar-refractivity contribution is 0.0860. The molecule has 0 spiro atoms. The predicted molar refractivity (Wildman–Crippen MR) is 94.5 cm³/mol. The topological polar surface area (TPSA) is 55.6 Å². The molecule has 2 aromatic heterocycles. The molecule has 1 amide bonds.